The monoisotopic (exact) mass is 276 g/mol. The fraction of sp³-hybridized carbons (Fsp3) is 0.400. The van der Waals surface area contributed by atoms with Gasteiger partial charge in [0.15, 0.2) is 0 Å². The average Bonchev–Trinajstić information content (AvgIpc) is 3.28. The van der Waals surface area contributed by atoms with E-state index < -0.39 is 0 Å². The van der Waals surface area contributed by atoms with Crippen LogP contribution in [0.5, 0.6) is 0 Å². The first-order valence-electron chi connectivity index (χ1n) is 6.70. The van der Waals surface area contributed by atoms with Crippen molar-refractivity contribution in [1.82, 2.24) is 9.55 Å². The highest BCUT2D eigenvalue weighted by Gasteiger charge is 2.56. The Morgan fingerprint density at radius 2 is 2.11 bits per heavy atom. The van der Waals surface area contributed by atoms with Crippen molar-refractivity contribution in [3.63, 3.8) is 0 Å². The molecule has 4 rings (SSSR count). The van der Waals surface area contributed by atoms with Crippen molar-refractivity contribution in [3.8, 4) is 11.4 Å². The van der Waals surface area contributed by atoms with Gasteiger partial charge >= 0.3 is 0 Å². The van der Waals surface area contributed by atoms with E-state index in [1.54, 1.807) is 6.07 Å². The molecule has 1 aromatic heterocycles. The molecule has 0 radical (unpaired) electrons. The van der Waals surface area contributed by atoms with Gasteiger partial charge in [-0.3, -0.25) is 0 Å². The zero-order valence-corrected chi connectivity index (χ0v) is 11.2. The second-order valence-electron chi connectivity index (χ2n) is 5.62. The molecule has 0 saturated heterocycles. The van der Waals surface area contributed by atoms with Crippen LogP contribution in [0.25, 0.3) is 11.4 Å². The minimum atomic E-state index is -0.310. The number of imidazole rings is 1. The van der Waals surface area contributed by atoms with E-state index in [-0.39, 0.29) is 11.4 Å². The van der Waals surface area contributed by atoms with E-state index in [0.717, 1.165) is 17.3 Å². The standard InChI is InChI=1S/C15H14ClFN2/c16-13-9-11(17)3-4-12(13)14-18-7-8-19(14)15(5-6-15)10-1-2-10/h3-4,7-10H,1-2,5-6H2. The molecule has 2 aliphatic carbocycles. The summed E-state index contributed by atoms with van der Waals surface area (Å²) in [6, 6.07) is 4.52. The van der Waals surface area contributed by atoms with Crippen LogP contribution in [0.2, 0.25) is 5.02 Å². The topological polar surface area (TPSA) is 17.8 Å². The molecule has 0 aliphatic heterocycles. The molecule has 0 amide bonds. The summed E-state index contributed by atoms with van der Waals surface area (Å²) in [7, 11) is 0. The number of rotatable bonds is 3. The number of nitrogens with zero attached hydrogens (tertiary/aromatic N) is 2. The third kappa shape index (κ3) is 1.71. The lowest BCUT2D eigenvalue weighted by atomic mass is 10.1. The Morgan fingerprint density at radius 1 is 1.32 bits per heavy atom. The average molecular weight is 277 g/mol. The van der Waals surface area contributed by atoms with Gasteiger partial charge in [0.25, 0.3) is 0 Å². The molecule has 0 bridgehead atoms. The van der Waals surface area contributed by atoms with Gasteiger partial charge in [0.1, 0.15) is 11.6 Å². The molecule has 4 heteroatoms. The highest BCUT2D eigenvalue weighted by Crippen LogP contribution is 2.60. The van der Waals surface area contributed by atoms with Crippen LogP contribution in [0.15, 0.2) is 30.6 Å². The van der Waals surface area contributed by atoms with Crippen LogP contribution in [0.4, 0.5) is 4.39 Å². The highest BCUT2D eigenvalue weighted by atomic mass is 35.5. The van der Waals surface area contributed by atoms with Gasteiger partial charge in [-0.15, -0.1) is 0 Å². The predicted octanol–water partition coefficient (Wildman–Crippen LogP) is 4.24. The van der Waals surface area contributed by atoms with Crippen LogP contribution in [-0.4, -0.2) is 9.55 Å². The van der Waals surface area contributed by atoms with Gasteiger partial charge in [-0.05, 0) is 49.8 Å². The molecule has 2 fully saturated rings. The first-order valence-corrected chi connectivity index (χ1v) is 7.08. The highest BCUT2D eigenvalue weighted by molar-refractivity contribution is 6.33. The Bertz CT molecular complexity index is 641. The van der Waals surface area contributed by atoms with E-state index in [0.29, 0.717) is 5.02 Å². The fourth-order valence-electron chi connectivity index (χ4n) is 3.13. The Balaban J connectivity index is 1.82. The van der Waals surface area contributed by atoms with E-state index in [4.69, 9.17) is 11.6 Å². The molecule has 19 heavy (non-hydrogen) atoms. The predicted molar refractivity (Wildman–Crippen MR) is 72.6 cm³/mol. The Morgan fingerprint density at radius 3 is 2.74 bits per heavy atom. The Labute approximate surface area is 116 Å². The number of halogens is 2. The zero-order valence-electron chi connectivity index (χ0n) is 10.4. The molecule has 2 saturated carbocycles. The first kappa shape index (κ1) is 11.5. The molecule has 2 nitrogen and oxygen atoms in total. The second kappa shape index (κ2) is 3.83. The number of hydrogen-bond donors (Lipinski definition) is 0. The van der Waals surface area contributed by atoms with Gasteiger partial charge in [0, 0.05) is 23.5 Å². The Hall–Kier alpha value is -1.35. The molecule has 2 aliphatic rings. The van der Waals surface area contributed by atoms with Crippen molar-refractivity contribution < 1.29 is 4.39 Å². The third-order valence-electron chi connectivity index (χ3n) is 4.39. The maximum atomic E-state index is 13.2. The molecule has 2 aromatic rings. The zero-order chi connectivity index (χ0) is 13.0. The lowest BCUT2D eigenvalue weighted by Gasteiger charge is -2.20. The van der Waals surface area contributed by atoms with Gasteiger partial charge in [0.2, 0.25) is 0 Å². The minimum absolute atomic E-state index is 0.267. The summed E-state index contributed by atoms with van der Waals surface area (Å²) < 4.78 is 15.4. The smallest absolute Gasteiger partial charge is 0.141 e. The summed E-state index contributed by atoms with van der Waals surface area (Å²) in [5, 5.41) is 0.430. The van der Waals surface area contributed by atoms with Crippen LogP contribution >= 0.6 is 11.6 Å². The van der Waals surface area contributed by atoms with Crippen molar-refractivity contribution in [2.45, 2.75) is 31.2 Å². The molecule has 0 atom stereocenters. The van der Waals surface area contributed by atoms with E-state index in [1.807, 2.05) is 12.4 Å². The lowest BCUT2D eigenvalue weighted by molar-refractivity contribution is 0.425. The van der Waals surface area contributed by atoms with Crippen molar-refractivity contribution >= 4 is 11.6 Å². The maximum Gasteiger partial charge on any atom is 0.141 e. The SMILES string of the molecule is Fc1ccc(-c2nccn2C2(C3CC3)CC2)c(Cl)c1. The minimum Gasteiger partial charge on any atom is -0.325 e. The van der Waals surface area contributed by atoms with E-state index in [9.17, 15) is 4.39 Å². The summed E-state index contributed by atoms with van der Waals surface area (Å²) >= 11 is 6.17. The van der Waals surface area contributed by atoms with Gasteiger partial charge < -0.3 is 4.57 Å². The normalized spacial score (nSPS) is 20.5. The molecule has 1 heterocycles. The van der Waals surface area contributed by atoms with Crippen molar-refractivity contribution in [1.29, 1.82) is 0 Å². The van der Waals surface area contributed by atoms with Gasteiger partial charge in [0.05, 0.1) is 5.02 Å². The second-order valence-corrected chi connectivity index (χ2v) is 6.03. The number of aromatic nitrogens is 2. The molecular formula is C15H14ClFN2. The van der Waals surface area contributed by atoms with Crippen molar-refractivity contribution in [2.24, 2.45) is 5.92 Å². The maximum absolute atomic E-state index is 13.2. The molecule has 98 valence electrons. The third-order valence-corrected chi connectivity index (χ3v) is 4.70. The van der Waals surface area contributed by atoms with E-state index >= 15 is 0 Å². The molecular weight excluding hydrogens is 263 g/mol. The van der Waals surface area contributed by atoms with Crippen LogP contribution in [0.1, 0.15) is 25.7 Å². The van der Waals surface area contributed by atoms with E-state index in [1.165, 1.54) is 37.8 Å². The number of hydrogen-bond acceptors (Lipinski definition) is 1. The van der Waals surface area contributed by atoms with Gasteiger partial charge in [-0.1, -0.05) is 11.6 Å². The van der Waals surface area contributed by atoms with Crippen LogP contribution < -0.4 is 0 Å². The summed E-state index contributed by atoms with van der Waals surface area (Å²) in [4.78, 5) is 4.45. The first-order chi connectivity index (χ1) is 9.21. The van der Waals surface area contributed by atoms with Crippen LogP contribution in [0, 0.1) is 11.7 Å². The van der Waals surface area contributed by atoms with Gasteiger partial charge in [-0.25, -0.2) is 9.37 Å². The van der Waals surface area contributed by atoms with Crippen molar-refractivity contribution in [2.75, 3.05) is 0 Å². The van der Waals surface area contributed by atoms with Crippen LogP contribution in [0.3, 0.4) is 0 Å². The summed E-state index contributed by atoms with van der Waals surface area (Å²) in [6.45, 7) is 0. The molecule has 1 aromatic carbocycles. The quantitative estimate of drug-likeness (QED) is 0.820. The molecule has 0 spiro atoms. The van der Waals surface area contributed by atoms with Gasteiger partial charge in [-0.2, -0.15) is 0 Å². The Kier molecular flexibility index (Phi) is 2.31. The molecule has 0 unspecified atom stereocenters. The molecule has 0 N–H and O–H groups in total. The van der Waals surface area contributed by atoms with Crippen molar-refractivity contribution in [3.05, 3.63) is 41.4 Å². The summed E-state index contributed by atoms with van der Waals surface area (Å²) in [5.74, 6) is 1.35. The number of benzene rings is 1. The summed E-state index contributed by atoms with van der Waals surface area (Å²) in [6.07, 6.45) is 8.93. The van der Waals surface area contributed by atoms with E-state index in [2.05, 4.69) is 9.55 Å². The lowest BCUT2D eigenvalue weighted by Crippen LogP contribution is -2.19. The van der Waals surface area contributed by atoms with Crippen LogP contribution in [-0.2, 0) is 5.54 Å². The summed E-state index contributed by atoms with van der Waals surface area (Å²) in [5.41, 5.74) is 1.09. The largest absolute Gasteiger partial charge is 0.325 e. The fourth-order valence-corrected chi connectivity index (χ4v) is 3.38.